The maximum atomic E-state index is 5.99. The molecule has 0 spiro atoms. The molecule has 0 bridgehead atoms. The lowest BCUT2D eigenvalue weighted by atomic mass is 9.78. The molecule has 1 aliphatic heterocycles. The van der Waals surface area contributed by atoms with E-state index in [4.69, 9.17) is 20.4 Å². The standard InChI is InChI=1S/C20H31N5O/c21-16-9-15(10-16)17-11-18(24-19(23-17)14-1-2-14)22-12-20(3-4-20)13-25-5-7-26-8-6-25/h11,14-16H,1-10,12-13,21H2,(H,22,23,24). The Morgan fingerprint density at radius 1 is 1.15 bits per heavy atom. The highest BCUT2D eigenvalue weighted by molar-refractivity contribution is 5.39. The molecule has 1 saturated heterocycles. The summed E-state index contributed by atoms with van der Waals surface area (Å²) in [6.45, 7) is 6.13. The van der Waals surface area contributed by atoms with Crippen molar-refractivity contribution in [2.75, 3.05) is 44.7 Å². The van der Waals surface area contributed by atoms with Crippen LogP contribution in [0.3, 0.4) is 0 Å². The SMILES string of the molecule is NC1CC(c2cc(NCC3(CN4CCOCC4)CC3)nc(C3CC3)n2)C1. The second-order valence-electron chi connectivity index (χ2n) is 8.98. The van der Waals surface area contributed by atoms with Crippen LogP contribution in [0.4, 0.5) is 5.82 Å². The number of nitrogens with zero attached hydrogens (tertiary/aromatic N) is 3. The largest absolute Gasteiger partial charge is 0.379 e. The summed E-state index contributed by atoms with van der Waals surface area (Å²) in [7, 11) is 0. The molecular weight excluding hydrogens is 326 g/mol. The van der Waals surface area contributed by atoms with Crippen molar-refractivity contribution in [1.82, 2.24) is 14.9 Å². The zero-order chi connectivity index (χ0) is 17.6. The van der Waals surface area contributed by atoms with Crippen LogP contribution in [0.25, 0.3) is 0 Å². The second-order valence-corrected chi connectivity index (χ2v) is 8.98. The van der Waals surface area contributed by atoms with Crippen LogP contribution in [-0.4, -0.2) is 60.3 Å². The number of nitrogens with two attached hydrogens (primary N) is 1. The van der Waals surface area contributed by atoms with Gasteiger partial charge in [-0.25, -0.2) is 9.97 Å². The van der Waals surface area contributed by atoms with Gasteiger partial charge in [-0.1, -0.05) is 0 Å². The summed E-state index contributed by atoms with van der Waals surface area (Å²) in [5.41, 5.74) is 7.64. The summed E-state index contributed by atoms with van der Waals surface area (Å²) in [5, 5.41) is 3.67. The van der Waals surface area contributed by atoms with Crippen LogP contribution in [0.1, 0.15) is 61.9 Å². The monoisotopic (exact) mass is 357 g/mol. The van der Waals surface area contributed by atoms with E-state index in [1.807, 2.05) is 0 Å². The fourth-order valence-corrected chi connectivity index (χ4v) is 4.29. The Balaban J connectivity index is 1.24. The van der Waals surface area contributed by atoms with E-state index >= 15 is 0 Å². The number of morpholine rings is 1. The quantitative estimate of drug-likeness (QED) is 0.778. The third-order valence-electron chi connectivity index (χ3n) is 6.56. The minimum absolute atomic E-state index is 0.360. The van der Waals surface area contributed by atoms with Crippen molar-refractivity contribution in [3.63, 3.8) is 0 Å². The van der Waals surface area contributed by atoms with Gasteiger partial charge in [-0.15, -0.1) is 0 Å². The Kier molecular flexibility index (Phi) is 4.38. The highest BCUT2D eigenvalue weighted by Gasteiger charge is 2.44. The van der Waals surface area contributed by atoms with Crippen molar-refractivity contribution in [1.29, 1.82) is 0 Å². The third kappa shape index (κ3) is 3.73. The molecule has 3 N–H and O–H groups in total. The first kappa shape index (κ1) is 16.9. The predicted octanol–water partition coefficient (Wildman–Crippen LogP) is 2.08. The van der Waals surface area contributed by atoms with Crippen LogP contribution >= 0.6 is 0 Å². The lowest BCUT2D eigenvalue weighted by molar-refractivity contribution is 0.0294. The second kappa shape index (κ2) is 6.73. The van der Waals surface area contributed by atoms with E-state index in [0.29, 0.717) is 23.3 Å². The normalized spacial score (nSPS) is 30.7. The van der Waals surface area contributed by atoms with E-state index in [0.717, 1.165) is 57.3 Å². The smallest absolute Gasteiger partial charge is 0.134 e. The Labute approximate surface area is 155 Å². The average molecular weight is 358 g/mol. The minimum Gasteiger partial charge on any atom is -0.379 e. The molecule has 0 atom stereocenters. The molecule has 3 saturated carbocycles. The molecule has 4 aliphatic rings. The van der Waals surface area contributed by atoms with Crippen LogP contribution < -0.4 is 11.1 Å². The number of hydrogen-bond acceptors (Lipinski definition) is 6. The van der Waals surface area contributed by atoms with Crippen molar-refractivity contribution in [3.05, 3.63) is 17.6 Å². The number of hydrogen-bond donors (Lipinski definition) is 2. The molecule has 6 nitrogen and oxygen atoms in total. The predicted molar refractivity (Wildman–Crippen MR) is 101 cm³/mol. The molecule has 142 valence electrons. The van der Waals surface area contributed by atoms with Crippen LogP contribution in [0.5, 0.6) is 0 Å². The van der Waals surface area contributed by atoms with Gasteiger partial charge in [0.15, 0.2) is 0 Å². The summed E-state index contributed by atoms with van der Waals surface area (Å²) >= 11 is 0. The van der Waals surface area contributed by atoms with Crippen molar-refractivity contribution >= 4 is 5.82 Å². The van der Waals surface area contributed by atoms with E-state index in [1.54, 1.807) is 0 Å². The number of aromatic nitrogens is 2. The summed E-state index contributed by atoms with van der Waals surface area (Å²) in [6, 6.07) is 2.55. The van der Waals surface area contributed by atoms with Crippen LogP contribution in [0, 0.1) is 5.41 Å². The molecule has 3 aliphatic carbocycles. The average Bonchev–Trinajstić information content (AvgIpc) is 3.53. The van der Waals surface area contributed by atoms with Crippen LogP contribution in [0.15, 0.2) is 6.07 Å². The van der Waals surface area contributed by atoms with Gasteiger partial charge in [0.05, 0.1) is 13.2 Å². The number of nitrogens with one attached hydrogen (secondary N) is 1. The van der Waals surface area contributed by atoms with Crippen molar-refractivity contribution < 1.29 is 4.74 Å². The first-order chi connectivity index (χ1) is 12.7. The van der Waals surface area contributed by atoms with Crippen molar-refractivity contribution in [2.45, 2.75) is 56.4 Å². The summed E-state index contributed by atoms with van der Waals surface area (Å²) < 4.78 is 5.48. The Bertz CT molecular complexity index is 646. The lowest BCUT2D eigenvalue weighted by Gasteiger charge is -2.32. The maximum absolute atomic E-state index is 5.99. The van der Waals surface area contributed by atoms with Gasteiger partial charge in [0.25, 0.3) is 0 Å². The molecule has 6 heteroatoms. The Hall–Kier alpha value is -1.24. The molecular formula is C20H31N5O. The van der Waals surface area contributed by atoms with Crippen LogP contribution in [-0.2, 0) is 4.74 Å². The first-order valence-electron chi connectivity index (χ1n) is 10.4. The van der Waals surface area contributed by atoms with Crippen molar-refractivity contribution in [2.24, 2.45) is 11.1 Å². The number of rotatable bonds is 7. The van der Waals surface area contributed by atoms with Gasteiger partial charge in [-0.2, -0.15) is 0 Å². The molecule has 1 aromatic rings. The van der Waals surface area contributed by atoms with E-state index < -0.39 is 0 Å². The van der Waals surface area contributed by atoms with Gasteiger partial charge in [0.1, 0.15) is 11.6 Å². The van der Waals surface area contributed by atoms with E-state index in [-0.39, 0.29) is 0 Å². The zero-order valence-electron chi connectivity index (χ0n) is 15.6. The maximum Gasteiger partial charge on any atom is 0.134 e. The zero-order valence-corrected chi connectivity index (χ0v) is 15.6. The highest BCUT2D eigenvalue weighted by atomic mass is 16.5. The highest BCUT2D eigenvalue weighted by Crippen LogP contribution is 2.47. The Morgan fingerprint density at radius 3 is 2.58 bits per heavy atom. The molecule has 0 radical (unpaired) electrons. The van der Waals surface area contributed by atoms with E-state index in [9.17, 15) is 0 Å². The first-order valence-corrected chi connectivity index (χ1v) is 10.4. The van der Waals surface area contributed by atoms with Gasteiger partial charge in [0, 0.05) is 61.2 Å². The number of ether oxygens (including phenoxy) is 1. The summed E-state index contributed by atoms with van der Waals surface area (Å²) in [4.78, 5) is 12.3. The van der Waals surface area contributed by atoms with Gasteiger partial charge in [-0.3, -0.25) is 4.90 Å². The van der Waals surface area contributed by atoms with Gasteiger partial charge in [-0.05, 0) is 38.5 Å². The Morgan fingerprint density at radius 2 is 1.92 bits per heavy atom. The van der Waals surface area contributed by atoms with Gasteiger partial charge in [0.2, 0.25) is 0 Å². The molecule has 0 aromatic carbocycles. The molecule has 0 unspecified atom stereocenters. The molecule has 0 amide bonds. The molecule has 26 heavy (non-hydrogen) atoms. The fraction of sp³-hybridized carbons (Fsp3) is 0.800. The molecule has 5 rings (SSSR count). The fourth-order valence-electron chi connectivity index (χ4n) is 4.29. The van der Waals surface area contributed by atoms with E-state index in [2.05, 4.69) is 16.3 Å². The summed E-state index contributed by atoms with van der Waals surface area (Å²) in [6.07, 6.45) is 7.27. The number of anilines is 1. The molecule has 1 aromatic heterocycles. The van der Waals surface area contributed by atoms with Gasteiger partial charge >= 0.3 is 0 Å². The molecule has 4 fully saturated rings. The third-order valence-corrected chi connectivity index (χ3v) is 6.56. The van der Waals surface area contributed by atoms with Gasteiger partial charge < -0.3 is 15.8 Å². The summed E-state index contributed by atoms with van der Waals surface area (Å²) in [5.74, 6) is 3.22. The lowest BCUT2D eigenvalue weighted by Crippen LogP contribution is -2.41. The molecule has 2 heterocycles. The minimum atomic E-state index is 0.360. The van der Waals surface area contributed by atoms with E-state index in [1.165, 1.54) is 37.9 Å². The van der Waals surface area contributed by atoms with Crippen molar-refractivity contribution in [3.8, 4) is 0 Å². The topological polar surface area (TPSA) is 76.3 Å². The van der Waals surface area contributed by atoms with Crippen LogP contribution in [0.2, 0.25) is 0 Å².